The fourth-order valence-electron chi connectivity index (χ4n) is 4.24. The van der Waals surface area contributed by atoms with E-state index < -0.39 is 0 Å². The molecule has 2 nitrogen and oxygen atoms in total. The van der Waals surface area contributed by atoms with Gasteiger partial charge in [0.15, 0.2) is 0 Å². The molecule has 4 unspecified atom stereocenters. The topological polar surface area (TPSA) is 26.3 Å². The molecule has 0 heterocycles. The van der Waals surface area contributed by atoms with E-state index in [4.69, 9.17) is 4.74 Å². The predicted molar refractivity (Wildman–Crippen MR) is 52.6 cm³/mol. The van der Waals surface area contributed by atoms with Crippen molar-refractivity contribution in [2.24, 2.45) is 23.7 Å². The van der Waals surface area contributed by atoms with Crippen LogP contribution in [0.3, 0.4) is 0 Å². The maximum atomic E-state index is 11.0. The molecule has 0 N–H and O–H groups in total. The number of fused-ring (bicyclic) bond motifs is 6. The zero-order valence-electron chi connectivity index (χ0n) is 8.74. The molecule has 4 atom stereocenters. The predicted octanol–water partition coefficient (Wildman–Crippen LogP) is 2.37. The monoisotopic (exact) mass is 194 g/mol. The van der Waals surface area contributed by atoms with Gasteiger partial charge in [-0.25, -0.2) is 0 Å². The SMILES string of the molecule is CC(=O)OC1C2CCC1C1CCC2C1. The zero-order chi connectivity index (χ0) is 9.71. The fraction of sp³-hybridized carbons (Fsp3) is 0.917. The molecule has 2 heteroatoms. The average molecular weight is 194 g/mol. The van der Waals surface area contributed by atoms with Gasteiger partial charge in [0.25, 0.3) is 0 Å². The van der Waals surface area contributed by atoms with Crippen LogP contribution in [0.4, 0.5) is 0 Å². The highest BCUT2D eigenvalue weighted by Gasteiger charge is 2.53. The van der Waals surface area contributed by atoms with Gasteiger partial charge in [-0.05, 0) is 55.8 Å². The lowest BCUT2D eigenvalue weighted by atomic mass is 9.77. The van der Waals surface area contributed by atoms with Crippen molar-refractivity contribution < 1.29 is 9.53 Å². The van der Waals surface area contributed by atoms with Crippen molar-refractivity contribution in [3.05, 3.63) is 0 Å². The molecule has 0 aromatic rings. The maximum Gasteiger partial charge on any atom is 0.302 e. The van der Waals surface area contributed by atoms with Gasteiger partial charge in [-0.2, -0.15) is 0 Å². The van der Waals surface area contributed by atoms with Gasteiger partial charge in [0, 0.05) is 6.92 Å². The van der Waals surface area contributed by atoms with E-state index in [1.54, 1.807) is 6.92 Å². The molecule has 0 radical (unpaired) electrons. The molecule has 3 aliphatic carbocycles. The molecular formula is C12H18O2. The van der Waals surface area contributed by atoms with Gasteiger partial charge in [-0.15, -0.1) is 0 Å². The van der Waals surface area contributed by atoms with E-state index in [1.807, 2.05) is 0 Å². The Bertz CT molecular complexity index is 243. The minimum Gasteiger partial charge on any atom is -0.462 e. The number of carbonyl (C=O) groups excluding carboxylic acids is 1. The Morgan fingerprint density at radius 2 is 1.64 bits per heavy atom. The maximum absolute atomic E-state index is 11.0. The summed E-state index contributed by atoms with van der Waals surface area (Å²) in [5.74, 6) is 3.10. The van der Waals surface area contributed by atoms with Crippen molar-refractivity contribution in [2.45, 2.75) is 45.1 Å². The Balaban J connectivity index is 1.83. The molecule has 0 aliphatic heterocycles. The molecule has 14 heavy (non-hydrogen) atoms. The minimum atomic E-state index is -0.0757. The van der Waals surface area contributed by atoms with Crippen molar-refractivity contribution >= 4 is 5.97 Å². The molecule has 0 spiro atoms. The van der Waals surface area contributed by atoms with Gasteiger partial charge < -0.3 is 4.74 Å². The largest absolute Gasteiger partial charge is 0.462 e. The van der Waals surface area contributed by atoms with Crippen molar-refractivity contribution in [3.63, 3.8) is 0 Å². The number of hydrogen-bond donors (Lipinski definition) is 0. The van der Waals surface area contributed by atoms with Crippen LogP contribution >= 0.6 is 0 Å². The van der Waals surface area contributed by atoms with Crippen LogP contribution in [0.25, 0.3) is 0 Å². The van der Waals surface area contributed by atoms with E-state index in [9.17, 15) is 4.79 Å². The van der Waals surface area contributed by atoms with Crippen molar-refractivity contribution in [1.29, 1.82) is 0 Å². The van der Waals surface area contributed by atoms with Gasteiger partial charge in [-0.3, -0.25) is 4.79 Å². The van der Waals surface area contributed by atoms with Crippen molar-refractivity contribution in [3.8, 4) is 0 Å². The summed E-state index contributed by atoms with van der Waals surface area (Å²) in [5.41, 5.74) is 0. The number of esters is 1. The third kappa shape index (κ3) is 1.12. The smallest absolute Gasteiger partial charge is 0.302 e. The number of carbonyl (C=O) groups is 1. The Kier molecular flexibility index (Phi) is 1.86. The zero-order valence-corrected chi connectivity index (χ0v) is 8.74. The number of rotatable bonds is 1. The first-order valence-corrected chi connectivity index (χ1v) is 5.93. The highest BCUT2D eigenvalue weighted by Crippen LogP contribution is 2.56. The van der Waals surface area contributed by atoms with Crippen LogP contribution in [0.1, 0.15) is 39.0 Å². The van der Waals surface area contributed by atoms with Crippen LogP contribution in [0.15, 0.2) is 0 Å². The van der Waals surface area contributed by atoms with Crippen LogP contribution in [-0.4, -0.2) is 12.1 Å². The van der Waals surface area contributed by atoms with E-state index in [0.29, 0.717) is 17.9 Å². The molecule has 0 aromatic heterocycles. The molecule has 3 fully saturated rings. The van der Waals surface area contributed by atoms with Crippen LogP contribution in [0, 0.1) is 23.7 Å². The van der Waals surface area contributed by atoms with E-state index in [2.05, 4.69) is 0 Å². The molecule has 0 saturated heterocycles. The summed E-state index contributed by atoms with van der Waals surface area (Å²) in [6.07, 6.45) is 7.12. The van der Waals surface area contributed by atoms with Crippen LogP contribution in [0.5, 0.6) is 0 Å². The van der Waals surface area contributed by atoms with Crippen molar-refractivity contribution in [2.75, 3.05) is 0 Å². The summed E-state index contributed by atoms with van der Waals surface area (Å²) in [5, 5.41) is 0. The minimum absolute atomic E-state index is 0.0757. The second-order valence-corrected chi connectivity index (χ2v) is 5.31. The first kappa shape index (κ1) is 8.75. The number of ether oxygens (including phenoxy) is 1. The second kappa shape index (κ2) is 2.98. The van der Waals surface area contributed by atoms with Crippen molar-refractivity contribution in [1.82, 2.24) is 0 Å². The van der Waals surface area contributed by atoms with Gasteiger partial charge >= 0.3 is 5.97 Å². The molecule has 78 valence electrons. The van der Waals surface area contributed by atoms with Gasteiger partial charge in [0.2, 0.25) is 0 Å². The van der Waals surface area contributed by atoms with Crippen LogP contribution in [-0.2, 0) is 9.53 Å². The summed E-state index contributed by atoms with van der Waals surface area (Å²) < 4.78 is 5.52. The quantitative estimate of drug-likeness (QED) is 0.599. The average Bonchev–Trinajstić information content (AvgIpc) is 2.58. The summed E-state index contributed by atoms with van der Waals surface area (Å²) in [6.45, 7) is 1.55. The molecule has 0 amide bonds. The summed E-state index contributed by atoms with van der Waals surface area (Å²) >= 11 is 0. The fourth-order valence-corrected chi connectivity index (χ4v) is 4.24. The summed E-state index contributed by atoms with van der Waals surface area (Å²) in [6, 6.07) is 0. The van der Waals surface area contributed by atoms with Crippen LogP contribution < -0.4 is 0 Å². The Morgan fingerprint density at radius 1 is 1.07 bits per heavy atom. The van der Waals surface area contributed by atoms with E-state index in [-0.39, 0.29) is 5.97 Å². The third-order valence-corrected chi connectivity index (χ3v) is 4.70. The van der Waals surface area contributed by atoms with E-state index in [1.165, 1.54) is 32.1 Å². The molecule has 3 saturated carbocycles. The van der Waals surface area contributed by atoms with Gasteiger partial charge in [0.05, 0.1) is 0 Å². The standard InChI is InChI=1S/C12H18O2/c1-7(13)14-12-10-4-5-11(12)9-3-2-8(10)6-9/h8-12H,2-6H2,1H3. The lowest BCUT2D eigenvalue weighted by Crippen LogP contribution is -2.36. The Morgan fingerprint density at radius 3 is 2.14 bits per heavy atom. The summed E-state index contributed by atoms with van der Waals surface area (Å²) in [4.78, 5) is 11.0. The molecule has 3 rings (SSSR count). The molecule has 4 bridgehead atoms. The highest BCUT2D eigenvalue weighted by molar-refractivity contribution is 5.66. The van der Waals surface area contributed by atoms with Crippen LogP contribution in [0.2, 0.25) is 0 Å². The van der Waals surface area contributed by atoms with Gasteiger partial charge in [-0.1, -0.05) is 0 Å². The molecule has 3 aliphatic rings. The second-order valence-electron chi connectivity index (χ2n) is 5.31. The molecular weight excluding hydrogens is 176 g/mol. The number of hydrogen-bond acceptors (Lipinski definition) is 2. The third-order valence-electron chi connectivity index (χ3n) is 4.70. The normalized spacial score (nSPS) is 49.4. The van der Waals surface area contributed by atoms with Gasteiger partial charge in [0.1, 0.15) is 6.10 Å². The Hall–Kier alpha value is -0.530. The Labute approximate surface area is 85.0 Å². The lowest BCUT2D eigenvalue weighted by molar-refractivity contribution is -0.154. The molecule has 0 aromatic carbocycles. The lowest BCUT2D eigenvalue weighted by Gasteiger charge is -2.34. The van der Waals surface area contributed by atoms with E-state index in [0.717, 1.165) is 11.8 Å². The summed E-state index contributed by atoms with van der Waals surface area (Å²) in [7, 11) is 0. The van der Waals surface area contributed by atoms with E-state index >= 15 is 0 Å². The first-order valence-electron chi connectivity index (χ1n) is 5.93. The highest BCUT2D eigenvalue weighted by atomic mass is 16.5. The first-order chi connectivity index (χ1) is 6.75.